The molecule has 0 aromatic rings. The summed E-state index contributed by atoms with van der Waals surface area (Å²) >= 11 is 4.88. The number of amides is 1. The normalized spacial score (nSPS) is 19.0. The van der Waals surface area contributed by atoms with Gasteiger partial charge in [0, 0.05) is 13.1 Å². The summed E-state index contributed by atoms with van der Waals surface area (Å²) in [5, 5.41) is 9.33. The van der Waals surface area contributed by atoms with E-state index in [-0.39, 0.29) is 17.0 Å². The molecule has 1 rings (SSSR count). The Kier molecular flexibility index (Phi) is 3.67. The van der Waals surface area contributed by atoms with Crippen molar-refractivity contribution >= 4 is 23.1 Å². The van der Waals surface area contributed by atoms with Crippen molar-refractivity contribution < 1.29 is 9.90 Å². The molecule has 0 aliphatic carbocycles. The van der Waals surface area contributed by atoms with Crippen LogP contribution in [0.5, 0.6) is 0 Å². The van der Waals surface area contributed by atoms with Crippen LogP contribution in [0.4, 0.5) is 0 Å². The van der Waals surface area contributed by atoms with Crippen LogP contribution < -0.4 is 5.73 Å². The van der Waals surface area contributed by atoms with Crippen LogP contribution in [0.1, 0.15) is 26.7 Å². The molecule has 86 valence electrons. The average molecular weight is 230 g/mol. The van der Waals surface area contributed by atoms with E-state index in [2.05, 4.69) is 0 Å². The Morgan fingerprint density at radius 1 is 1.47 bits per heavy atom. The summed E-state index contributed by atoms with van der Waals surface area (Å²) in [6.07, 6.45) is 1.00. The lowest BCUT2D eigenvalue weighted by atomic mass is 9.90. The van der Waals surface area contributed by atoms with Crippen LogP contribution in [0.15, 0.2) is 0 Å². The van der Waals surface area contributed by atoms with Gasteiger partial charge in [-0.1, -0.05) is 12.2 Å². The summed E-state index contributed by atoms with van der Waals surface area (Å²) in [7, 11) is 0. The molecule has 3 N–H and O–H groups in total. The first-order valence-electron chi connectivity index (χ1n) is 5.13. The molecule has 1 fully saturated rings. The van der Waals surface area contributed by atoms with Crippen molar-refractivity contribution in [2.75, 3.05) is 13.1 Å². The van der Waals surface area contributed by atoms with Crippen molar-refractivity contribution in [2.45, 2.75) is 32.8 Å². The van der Waals surface area contributed by atoms with E-state index < -0.39 is 5.41 Å². The molecule has 1 saturated heterocycles. The Bertz CT molecular complexity index is 271. The molecule has 1 amide bonds. The first-order valence-corrected chi connectivity index (χ1v) is 5.54. The minimum atomic E-state index is -0.780. The summed E-state index contributed by atoms with van der Waals surface area (Å²) in [4.78, 5) is 14.0. The SMILES string of the molecule is CC(C)(C(=O)N1CCC(O)CC1)C(N)=S. The summed E-state index contributed by atoms with van der Waals surface area (Å²) < 4.78 is 0. The zero-order valence-electron chi connectivity index (χ0n) is 9.19. The number of likely N-dealkylation sites (tertiary alicyclic amines) is 1. The predicted octanol–water partition coefficient (Wildman–Crippen LogP) is 0.282. The van der Waals surface area contributed by atoms with Gasteiger partial charge in [0.25, 0.3) is 0 Å². The van der Waals surface area contributed by atoms with Crippen LogP contribution in [0.2, 0.25) is 0 Å². The van der Waals surface area contributed by atoms with Crippen LogP contribution in [-0.2, 0) is 4.79 Å². The van der Waals surface area contributed by atoms with Crippen molar-refractivity contribution in [1.29, 1.82) is 0 Å². The van der Waals surface area contributed by atoms with Crippen molar-refractivity contribution in [3.05, 3.63) is 0 Å². The highest BCUT2D eigenvalue weighted by molar-refractivity contribution is 7.80. The molecule has 1 heterocycles. The molecule has 0 aromatic heterocycles. The number of thiocarbonyl (C=S) groups is 1. The first kappa shape index (κ1) is 12.4. The van der Waals surface area contributed by atoms with Crippen LogP contribution in [0.25, 0.3) is 0 Å². The summed E-state index contributed by atoms with van der Waals surface area (Å²) in [5.74, 6) is -0.0399. The third-order valence-corrected chi connectivity index (χ3v) is 3.41. The lowest BCUT2D eigenvalue weighted by Crippen LogP contribution is -2.50. The molecule has 0 radical (unpaired) electrons. The number of rotatable bonds is 2. The molecule has 4 nitrogen and oxygen atoms in total. The molecule has 0 saturated carbocycles. The minimum absolute atomic E-state index is 0.0399. The molecular weight excluding hydrogens is 212 g/mol. The summed E-state index contributed by atoms with van der Waals surface area (Å²) in [6.45, 7) is 4.66. The smallest absolute Gasteiger partial charge is 0.235 e. The molecule has 1 aliphatic rings. The largest absolute Gasteiger partial charge is 0.393 e. The monoisotopic (exact) mass is 230 g/mol. The second kappa shape index (κ2) is 4.45. The number of piperidine rings is 1. The third-order valence-electron chi connectivity index (χ3n) is 2.90. The van der Waals surface area contributed by atoms with Gasteiger partial charge in [-0.25, -0.2) is 0 Å². The number of carbonyl (C=O) groups excluding carboxylic acids is 1. The highest BCUT2D eigenvalue weighted by Gasteiger charge is 2.35. The van der Waals surface area contributed by atoms with Gasteiger partial charge < -0.3 is 15.7 Å². The Labute approximate surface area is 95.4 Å². The zero-order chi connectivity index (χ0) is 11.6. The summed E-state index contributed by atoms with van der Waals surface area (Å²) in [5.41, 5.74) is 4.76. The van der Waals surface area contributed by atoms with E-state index >= 15 is 0 Å². The standard InChI is InChI=1S/C10H18N2O2S/c1-10(2,8(11)15)9(14)12-5-3-7(13)4-6-12/h7,13H,3-6H2,1-2H3,(H2,11,15). The molecule has 1 aliphatic heterocycles. The van der Waals surface area contributed by atoms with Gasteiger partial charge in [-0.15, -0.1) is 0 Å². The molecule has 0 unspecified atom stereocenters. The van der Waals surface area contributed by atoms with Crippen molar-refractivity contribution in [3.63, 3.8) is 0 Å². The Morgan fingerprint density at radius 2 is 1.93 bits per heavy atom. The second-order valence-corrected chi connectivity index (χ2v) is 4.95. The number of hydrogen-bond donors (Lipinski definition) is 2. The van der Waals surface area contributed by atoms with E-state index in [0.717, 1.165) is 0 Å². The third kappa shape index (κ3) is 2.66. The highest BCUT2D eigenvalue weighted by atomic mass is 32.1. The fourth-order valence-corrected chi connectivity index (χ4v) is 1.66. The van der Waals surface area contributed by atoms with Crippen molar-refractivity contribution in [3.8, 4) is 0 Å². The second-order valence-electron chi connectivity index (χ2n) is 4.51. The van der Waals surface area contributed by atoms with E-state index in [0.29, 0.717) is 25.9 Å². The molecule has 5 heteroatoms. The van der Waals surface area contributed by atoms with Gasteiger partial charge in [0.15, 0.2) is 0 Å². The lowest BCUT2D eigenvalue weighted by molar-refractivity contribution is -0.138. The number of carbonyl (C=O) groups is 1. The van der Waals surface area contributed by atoms with Crippen molar-refractivity contribution in [2.24, 2.45) is 11.1 Å². The van der Waals surface area contributed by atoms with Gasteiger partial charge in [0.05, 0.1) is 16.5 Å². The number of nitrogens with zero attached hydrogens (tertiary/aromatic N) is 1. The lowest BCUT2D eigenvalue weighted by Gasteiger charge is -2.35. The van der Waals surface area contributed by atoms with E-state index in [1.54, 1.807) is 18.7 Å². The molecule has 0 bridgehead atoms. The fraction of sp³-hybridized carbons (Fsp3) is 0.800. The highest BCUT2D eigenvalue weighted by Crippen LogP contribution is 2.22. The van der Waals surface area contributed by atoms with Gasteiger partial charge in [-0.3, -0.25) is 4.79 Å². The average Bonchev–Trinajstić information content (AvgIpc) is 2.17. The molecule has 15 heavy (non-hydrogen) atoms. The number of aliphatic hydroxyl groups excluding tert-OH is 1. The Hall–Kier alpha value is -0.680. The fourth-order valence-electron chi connectivity index (χ4n) is 1.57. The van der Waals surface area contributed by atoms with E-state index in [1.807, 2.05) is 0 Å². The van der Waals surface area contributed by atoms with Gasteiger partial charge in [-0.05, 0) is 26.7 Å². The number of aliphatic hydroxyl groups is 1. The van der Waals surface area contributed by atoms with Gasteiger partial charge in [-0.2, -0.15) is 0 Å². The zero-order valence-corrected chi connectivity index (χ0v) is 10.0. The van der Waals surface area contributed by atoms with Gasteiger partial charge in [0.2, 0.25) is 5.91 Å². The minimum Gasteiger partial charge on any atom is -0.393 e. The molecule has 0 atom stereocenters. The number of hydrogen-bond acceptors (Lipinski definition) is 3. The van der Waals surface area contributed by atoms with Gasteiger partial charge >= 0.3 is 0 Å². The van der Waals surface area contributed by atoms with Gasteiger partial charge in [0.1, 0.15) is 0 Å². The molecular formula is C10H18N2O2S. The maximum Gasteiger partial charge on any atom is 0.235 e. The maximum absolute atomic E-state index is 12.0. The van der Waals surface area contributed by atoms with Crippen molar-refractivity contribution in [1.82, 2.24) is 4.90 Å². The summed E-state index contributed by atoms with van der Waals surface area (Å²) in [6, 6.07) is 0. The Morgan fingerprint density at radius 3 is 2.33 bits per heavy atom. The van der Waals surface area contributed by atoms with Crippen LogP contribution >= 0.6 is 12.2 Å². The van der Waals surface area contributed by atoms with Crippen LogP contribution in [0.3, 0.4) is 0 Å². The van der Waals surface area contributed by atoms with E-state index in [4.69, 9.17) is 18.0 Å². The van der Waals surface area contributed by atoms with Crippen LogP contribution in [-0.4, -0.2) is 40.1 Å². The quantitative estimate of drug-likeness (QED) is 0.669. The first-order chi connectivity index (χ1) is 6.85. The molecule has 0 spiro atoms. The topological polar surface area (TPSA) is 66.6 Å². The Balaban J connectivity index is 2.65. The van der Waals surface area contributed by atoms with E-state index in [1.165, 1.54) is 0 Å². The molecule has 0 aromatic carbocycles. The maximum atomic E-state index is 12.0. The number of nitrogens with two attached hydrogens (primary N) is 1. The van der Waals surface area contributed by atoms with Crippen LogP contribution in [0, 0.1) is 5.41 Å². The van der Waals surface area contributed by atoms with E-state index in [9.17, 15) is 9.90 Å². The predicted molar refractivity (Wildman–Crippen MR) is 62.4 cm³/mol.